The Hall–Kier alpha value is -12.1. The number of benzene rings is 3. The Morgan fingerprint density at radius 1 is 0.339 bits per heavy atom. The Kier molecular flexibility index (Phi) is 42.0. The van der Waals surface area contributed by atoms with E-state index in [1.807, 2.05) is 6.92 Å². The van der Waals surface area contributed by atoms with Gasteiger partial charge in [0.1, 0.15) is 6.17 Å². The topological polar surface area (TPSA) is 437 Å². The van der Waals surface area contributed by atoms with Crippen LogP contribution < -0.4 is 51.3 Å². The van der Waals surface area contributed by atoms with Crippen LogP contribution in [-0.2, 0) is 64.5 Å². The van der Waals surface area contributed by atoms with Crippen LogP contribution >= 0.6 is 0 Å². The van der Waals surface area contributed by atoms with Gasteiger partial charge in [-0.05, 0) is 144 Å². The first-order valence-electron chi connectivity index (χ1n) is 36.5. The summed E-state index contributed by atoms with van der Waals surface area (Å²) in [5.74, 6) is -0.678. The number of hydrogen-bond donors (Lipinski definition) is 0. The Bertz CT molecular complexity index is 4690. The Morgan fingerprint density at radius 2 is 0.661 bits per heavy atom. The number of isocyanates is 8. The fourth-order valence-electron chi connectivity index (χ4n) is 11.4. The van der Waals surface area contributed by atoms with Crippen molar-refractivity contribution in [3.63, 3.8) is 0 Å². The summed E-state index contributed by atoms with van der Waals surface area (Å²) < 4.78 is 13.2. The number of aryl methyl sites for hydroxylation is 3. The van der Waals surface area contributed by atoms with Gasteiger partial charge in [0.05, 0.1) is 60.3 Å². The standard InChI is InChI=1S/C27H18N6O6.C24H36N6O6.C24H39N5O5/c1-16-4-7-19(10-22(16)28-13-34)31-25(37)32(20-8-5-17(2)23(11-20)29-14-35)27(39)33(26(31)38)21-9-6-18(3)24(12-21)30-15-36;1-2-3-8-13-21(27-20-33)30-23(35)28(16-11-6-4-9-14-25-18-31)22(34)29(24(30)36)17-12-7-5-10-15-26-19-32;1-2-3-4-5-12-17-27-22-28(18-13-8-6-10-15-25-20-30)23(32)29(24(33)34-22)19-14-9-7-11-16-26-21-31/h4-12H,1-3H3;21H,2-17H2,1H3;2-19H2,1H3. The van der Waals surface area contributed by atoms with E-state index in [0.29, 0.717) is 114 Å². The van der Waals surface area contributed by atoms with Crippen molar-refractivity contribution < 1.29 is 42.8 Å². The maximum atomic E-state index is 13.8. The lowest BCUT2D eigenvalue weighted by Crippen LogP contribution is -2.55. The van der Waals surface area contributed by atoms with Gasteiger partial charge in [0.2, 0.25) is 48.6 Å². The molecule has 1 unspecified atom stereocenters. The first kappa shape index (κ1) is 89.3. The van der Waals surface area contributed by atoms with Crippen molar-refractivity contribution in [1.29, 1.82) is 0 Å². The van der Waals surface area contributed by atoms with Gasteiger partial charge in [0, 0.05) is 32.7 Å². The van der Waals surface area contributed by atoms with Gasteiger partial charge in [-0.25, -0.2) is 138 Å². The van der Waals surface area contributed by atoms with Crippen LogP contribution in [0.2, 0.25) is 0 Å². The number of unbranched alkanes of at least 4 members (excludes halogenated alkanes) is 18. The minimum atomic E-state index is -1.03. The van der Waals surface area contributed by atoms with E-state index in [4.69, 9.17) is 4.42 Å². The quantitative estimate of drug-likeness (QED) is 0.0196. The van der Waals surface area contributed by atoms with Gasteiger partial charge in [-0.1, -0.05) is 122 Å². The molecule has 0 radical (unpaired) electrons. The smallest absolute Gasteiger partial charge is 0.375 e. The van der Waals surface area contributed by atoms with E-state index in [9.17, 15) is 76.7 Å². The molecule has 6 rings (SSSR count). The van der Waals surface area contributed by atoms with Gasteiger partial charge < -0.3 is 4.42 Å². The predicted molar refractivity (Wildman–Crippen MR) is 404 cm³/mol. The molecule has 3 aromatic carbocycles. The van der Waals surface area contributed by atoms with Crippen LogP contribution in [0, 0.1) is 20.8 Å². The van der Waals surface area contributed by atoms with E-state index in [0.717, 1.165) is 122 Å². The van der Waals surface area contributed by atoms with Crippen molar-refractivity contribution in [2.45, 2.75) is 227 Å². The lowest BCUT2D eigenvalue weighted by atomic mass is 10.1. The third kappa shape index (κ3) is 28.6. The second-order valence-electron chi connectivity index (χ2n) is 25.2. The molecule has 0 bridgehead atoms. The molecule has 0 aliphatic heterocycles. The van der Waals surface area contributed by atoms with Gasteiger partial charge in [0.25, 0.3) is 0 Å². The number of aliphatic imine (C=N–C) groups is 8. The maximum absolute atomic E-state index is 13.8. The predicted octanol–water partition coefficient (Wildman–Crippen LogP) is 8.61. The molecule has 34 nitrogen and oxygen atoms in total. The highest BCUT2D eigenvalue weighted by atomic mass is 16.4. The number of aromatic nitrogens is 8. The molecule has 3 aromatic heterocycles. The summed E-state index contributed by atoms with van der Waals surface area (Å²) >= 11 is 0. The molecule has 0 fully saturated rings. The van der Waals surface area contributed by atoms with Crippen molar-refractivity contribution in [3.05, 3.63) is 161 Å². The summed E-state index contributed by atoms with van der Waals surface area (Å²) in [6, 6.07) is 13.0. The van der Waals surface area contributed by atoms with Gasteiger partial charge in [-0.3, -0.25) is 0 Å². The summed E-state index contributed by atoms with van der Waals surface area (Å²) in [6.45, 7) is 12.3. The summed E-state index contributed by atoms with van der Waals surface area (Å²) in [7, 11) is 0. The SMILES string of the molecule is CCCCCC(N=C=O)n1c(=O)n(CCCCCCN=C=O)c(=O)n(CCCCCCN=C=O)c1=O.CCCCCCCN=c1oc(=O)n(CCCCCCN=C=O)c(=O)n1CCCCCCN=C=O.Cc1ccc(-n2c(=O)n(-c3ccc(C)c(N=C=O)c3)c(=O)n(-c3ccc(C)c(N=C=O)c3)c2=O)cc1N=C=O. The maximum Gasteiger partial charge on any atom is 0.425 e. The van der Waals surface area contributed by atoms with E-state index in [1.54, 1.807) is 39.0 Å². The summed E-state index contributed by atoms with van der Waals surface area (Å²) in [5.41, 5.74) is -3.37. The summed E-state index contributed by atoms with van der Waals surface area (Å²) in [4.78, 5) is 224. The van der Waals surface area contributed by atoms with E-state index in [-0.39, 0.29) is 59.4 Å². The minimum Gasteiger partial charge on any atom is -0.375 e. The molecule has 0 saturated carbocycles. The fourth-order valence-corrected chi connectivity index (χ4v) is 11.4. The molecule has 0 N–H and O–H groups in total. The molecule has 0 aliphatic rings. The third-order valence-electron chi connectivity index (χ3n) is 17.4. The van der Waals surface area contributed by atoms with E-state index >= 15 is 0 Å². The number of nitrogens with zero attached hydrogens (tertiary/aromatic N) is 17. The van der Waals surface area contributed by atoms with Crippen LogP contribution in [0.1, 0.15) is 197 Å². The van der Waals surface area contributed by atoms with Crippen molar-refractivity contribution >= 4 is 65.7 Å². The average molecular weight is 1500 g/mol. The van der Waals surface area contributed by atoms with Crippen LogP contribution in [0.4, 0.5) is 17.1 Å². The molecule has 580 valence electrons. The zero-order valence-electron chi connectivity index (χ0n) is 62.4. The molecule has 34 heteroatoms. The highest BCUT2D eigenvalue weighted by molar-refractivity contribution is 5.60. The highest BCUT2D eigenvalue weighted by Gasteiger charge is 2.24. The molecule has 3 heterocycles. The number of carbonyl (C=O) groups excluding carboxylic acids is 8. The molecular weight excluding hydrogens is 1410 g/mol. The largest absolute Gasteiger partial charge is 0.425 e. The highest BCUT2D eigenvalue weighted by Crippen LogP contribution is 2.25. The van der Waals surface area contributed by atoms with Gasteiger partial charge in [0.15, 0.2) is 0 Å². The Balaban J connectivity index is 0.000000346. The zero-order valence-corrected chi connectivity index (χ0v) is 62.4. The lowest BCUT2D eigenvalue weighted by molar-refractivity contribution is 0.300. The molecule has 0 amide bonds. The number of hydrogen-bond acceptors (Lipinski definition) is 26. The van der Waals surface area contributed by atoms with Crippen LogP contribution in [-0.4, -0.2) is 118 Å². The van der Waals surface area contributed by atoms with Crippen LogP contribution in [0.5, 0.6) is 0 Å². The second kappa shape index (κ2) is 51.2. The molecule has 0 spiro atoms. The fraction of sp³-hybridized carbons (Fsp3) is 0.533. The summed E-state index contributed by atoms with van der Waals surface area (Å²) in [6.07, 6.45) is 30.6. The van der Waals surface area contributed by atoms with Crippen molar-refractivity contribution in [1.82, 2.24) is 36.5 Å². The zero-order chi connectivity index (χ0) is 79.7. The van der Waals surface area contributed by atoms with Crippen molar-refractivity contribution in [3.8, 4) is 17.1 Å². The first-order chi connectivity index (χ1) is 52.9. The molecule has 0 aliphatic carbocycles. The molecule has 6 aromatic rings. The van der Waals surface area contributed by atoms with Crippen molar-refractivity contribution in [2.24, 2.45) is 44.9 Å². The van der Waals surface area contributed by atoms with E-state index in [1.165, 1.54) is 102 Å². The monoisotopic (exact) mass is 1500 g/mol. The van der Waals surface area contributed by atoms with Crippen molar-refractivity contribution in [2.75, 3.05) is 32.7 Å². The normalized spacial score (nSPS) is 10.9. The van der Waals surface area contributed by atoms with E-state index < -0.39 is 51.8 Å². The van der Waals surface area contributed by atoms with Gasteiger partial charge >= 0.3 is 51.3 Å². The van der Waals surface area contributed by atoms with Crippen LogP contribution in [0.3, 0.4) is 0 Å². The molecule has 1 atom stereocenters. The molecule has 109 heavy (non-hydrogen) atoms. The van der Waals surface area contributed by atoms with Crippen LogP contribution in [0.15, 0.2) is 142 Å². The number of rotatable bonds is 46. The Labute approximate surface area is 625 Å². The Morgan fingerprint density at radius 3 is 1.01 bits per heavy atom. The van der Waals surface area contributed by atoms with E-state index in [2.05, 4.69) is 51.9 Å². The van der Waals surface area contributed by atoms with Gasteiger partial charge in [-0.2, -0.15) is 20.0 Å². The minimum absolute atomic E-state index is 0.0172. The lowest BCUT2D eigenvalue weighted by Gasteiger charge is -2.18. The third-order valence-corrected chi connectivity index (χ3v) is 17.4. The average Bonchev–Trinajstić information content (AvgIpc) is 0.785. The second-order valence-corrected chi connectivity index (χ2v) is 25.2. The van der Waals surface area contributed by atoms with Crippen LogP contribution in [0.25, 0.3) is 17.1 Å². The van der Waals surface area contributed by atoms with Gasteiger partial charge in [-0.15, -0.1) is 0 Å². The summed E-state index contributed by atoms with van der Waals surface area (Å²) in [5, 5.41) is 0. The molecule has 0 saturated heterocycles. The molecular formula is C75H93N17O17. The first-order valence-corrected chi connectivity index (χ1v) is 36.5.